The number of nitrogens with zero attached hydrogens (tertiary/aromatic N) is 5. The van der Waals surface area contributed by atoms with Gasteiger partial charge in [0.15, 0.2) is 11.4 Å². The van der Waals surface area contributed by atoms with E-state index in [2.05, 4.69) is 15.0 Å². The van der Waals surface area contributed by atoms with Crippen LogP contribution in [0.1, 0.15) is 12.8 Å². The number of aromatic amines is 1. The number of hydrogen-bond donors (Lipinski definition) is 1. The first-order valence-corrected chi connectivity index (χ1v) is 11.7. The predicted octanol–water partition coefficient (Wildman–Crippen LogP) is 2.74. The molecule has 0 unspecified atom stereocenters. The summed E-state index contributed by atoms with van der Waals surface area (Å²) < 4.78 is 18.9. The lowest BCUT2D eigenvalue weighted by Gasteiger charge is -2.38. The third-order valence-electron chi connectivity index (χ3n) is 6.70. The summed E-state index contributed by atoms with van der Waals surface area (Å²) in [6, 6.07) is 13.4. The van der Waals surface area contributed by atoms with Gasteiger partial charge in [-0.1, -0.05) is 30.3 Å². The van der Waals surface area contributed by atoms with Crippen molar-refractivity contribution < 1.29 is 14.2 Å². The zero-order chi connectivity index (χ0) is 24.0. The maximum Gasteiger partial charge on any atom is 0.262 e. The molecule has 1 N–H and O–H groups in total. The minimum absolute atomic E-state index is 0.263. The Morgan fingerprint density at radius 1 is 1.03 bits per heavy atom. The van der Waals surface area contributed by atoms with Crippen molar-refractivity contribution in [3.63, 3.8) is 0 Å². The summed E-state index contributed by atoms with van der Waals surface area (Å²) in [5, 5.41) is 5.01. The standard InChI is InChI=1S/C25H26N6O4/c1-30-22-19(20(29-30)16-6-4-3-5-7-16)23(32)28-21(27-22)17-8-9-18(26-24(17)33-2)31-12-10-25(11-13-31)34-14-15-35-25/h3-9H,10-15H2,1-2H3,(H,27,28,32). The van der Waals surface area contributed by atoms with Gasteiger partial charge in [-0.3, -0.25) is 4.79 Å². The number of aryl methyl sites for hydroxylation is 1. The fourth-order valence-electron chi connectivity index (χ4n) is 4.89. The molecule has 35 heavy (non-hydrogen) atoms. The number of methoxy groups -OCH3 is 1. The third kappa shape index (κ3) is 3.75. The summed E-state index contributed by atoms with van der Waals surface area (Å²) in [5.74, 6) is 1.13. The molecule has 0 bridgehead atoms. The summed E-state index contributed by atoms with van der Waals surface area (Å²) in [7, 11) is 3.35. The number of H-pyrrole nitrogens is 1. The number of benzene rings is 1. The molecular weight excluding hydrogens is 448 g/mol. The van der Waals surface area contributed by atoms with Crippen LogP contribution < -0.4 is 15.2 Å². The second-order valence-electron chi connectivity index (χ2n) is 8.77. The van der Waals surface area contributed by atoms with Crippen LogP contribution in [0.5, 0.6) is 5.88 Å². The van der Waals surface area contributed by atoms with Crippen LogP contribution >= 0.6 is 0 Å². The molecule has 0 aliphatic carbocycles. The van der Waals surface area contributed by atoms with E-state index >= 15 is 0 Å². The van der Waals surface area contributed by atoms with Gasteiger partial charge in [-0.15, -0.1) is 0 Å². The number of hydrogen-bond acceptors (Lipinski definition) is 8. The maximum atomic E-state index is 13.2. The molecule has 0 saturated carbocycles. The van der Waals surface area contributed by atoms with Gasteiger partial charge in [0.25, 0.3) is 5.56 Å². The molecular formula is C25H26N6O4. The Hall–Kier alpha value is -3.76. The van der Waals surface area contributed by atoms with Crippen molar-refractivity contribution in [1.29, 1.82) is 0 Å². The number of aromatic nitrogens is 5. The third-order valence-corrected chi connectivity index (χ3v) is 6.70. The molecule has 4 aromatic rings. The Bertz CT molecular complexity index is 1430. The average Bonchev–Trinajstić information content (AvgIpc) is 3.49. The van der Waals surface area contributed by atoms with Crippen LogP contribution in [0.15, 0.2) is 47.3 Å². The molecule has 0 atom stereocenters. The van der Waals surface area contributed by atoms with E-state index in [1.54, 1.807) is 18.8 Å². The molecule has 2 saturated heterocycles. The van der Waals surface area contributed by atoms with Crippen LogP contribution in [-0.2, 0) is 16.5 Å². The highest BCUT2D eigenvalue weighted by molar-refractivity contribution is 5.91. The van der Waals surface area contributed by atoms with E-state index in [1.165, 1.54) is 0 Å². The van der Waals surface area contributed by atoms with Crippen LogP contribution in [0, 0.1) is 0 Å². The molecule has 0 amide bonds. The lowest BCUT2D eigenvalue weighted by Crippen LogP contribution is -2.45. The van der Waals surface area contributed by atoms with Crippen LogP contribution in [-0.4, -0.2) is 63.9 Å². The smallest absolute Gasteiger partial charge is 0.262 e. The number of rotatable bonds is 4. The summed E-state index contributed by atoms with van der Waals surface area (Å²) in [4.78, 5) is 27.7. The zero-order valence-corrected chi connectivity index (χ0v) is 19.7. The fraction of sp³-hybridized carbons (Fsp3) is 0.360. The van der Waals surface area contributed by atoms with Crippen LogP contribution in [0.25, 0.3) is 33.7 Å². The molecule has 180 valence electrons. The Labute approximate surface area is 201 Å². The summed E-state index contributed by atoms with van der Waals surface area (Å²) >= 11 is 0. The van der Waals surface area contributed by atoms with Gasteiger partial charge in [0.1, 0.15) is 22.7 Å². The molecule has 10 heteroatoms. The quantitative estimate of drug-likeness (QED) is 0.481. The van der Waals surface area contributed by atoms with Crippen molar-refractivity contribution in [3.8, 4) is 28.5 Å². The lowest BCUT2D eigenvalue weighted by atomic mass is 10.0. The van der Waals surface area contributed by atoms with E-state index in [-0.39, 0.29) is 5.56 Å². The highest BCUT2D eigenvalue weighted by Gasteiger charge is 2.40. The number of fused-ring (bicyclic) bond motifs is 1. The van der Waals surface area contributed by atoms with Gasteiger partial charge < -0.3 is 24.1 Å². The van der Waals surface area contributed by atoms with Gasteiger partial charge in [-0.05, 0) is 12.1 Å². The molecule has 0 radical (unpaired) electrons. The van der Waals surface area contributed by atoms with Crippen LogP contribution in [0.2, 0.25) is 0 Å². The molecule has 2 aliphatic rings. The monoisotopic (exact) mass is 474 g/mol. The van der Waals surface area contributed by atoms with Crippen molar-refractivity contribution in [3.05, 3.63) is 52.8 Å². The van der Waals surface area contributed by atoms with E-state index in [4.69, 9.17) is 24.2 Å². The minimum atomic E-state index is -0.443. The number of ether oxygens (including phenoxy) is 3. The van der Waals surface area contributed by atoms with Crippen LogP contribution in [0.3, 0.4) is 0 Å². The normalized spacial score (nSPS) is 17.4. The first-order chi connectivity index (χ1) is 17.1. The SMILES string of the molecule is COc1nc(N2CCC3(CC2)OCCO3)ccc1-c1nc2c(c(-c3ccccc3)nn2C)c(=O)[nH]1. The highest BCUT2D eigenvalue weighted by Crippen LogP contribution is 2.35. The summed E-state index contributed by atoms with van der Waals surface area (Å²) in [5.41, 5.74) is 2.29. The van der Waals surface area contributed by atoms with Gasteiger partial charge >= 0.3 is 0 Å². The second-order valence-corrected chi connectivity index (χ2v) is 8.77. The largest absolute Gasteiger partial charge is 0.480 e. The Balaban J connectivity index is 1.34. The number of anilines is 1. The predicted molar refractivity (Wildman–Crippen MR) is 130 cm³/mol. The molecule has 10 nitrogen and oxygen atoms in total. The molecule has 2 aliphatic heterocycles. The van der Waals surface area contributed by atoms with Gasteiger partial charge in [-0.2, -0.15) is 10.1 Å². The molecule has 6 rings (SSSR count). The van der Waals surface area contributed by atoms with E-state index in [1.807, 2.05) is 42.5 Å². The molecule has 2 fully saturated rings. The van der Waals surface area contributed by atoms with Crippen molar-refractivity contribution in [2.75, 3.05) is 38.3 Å². The van der Waals surface area contributed by atoms with Crippen molar-refractivity contribution in [2.45, 2.75) is 18.6 Å². The Kier molecular flexibility index (Phi) is 5.27. The second kappa shape index (κ2) is 8.47. The molecule has 1 aromatic carbocycles. The van der Waals surface area contributed by atoms with Gasteiger partial charge in [-0.25, -0.2) is 9.67 Å². The van der Waals surface area contributed by atoms with E-state index < -0.39 is 5.79 Å². The lowest BCUT2D eigenvalue weighted by molar-refractivity contribution is -0.169. The van der Waals surface area contributed by atoms with Crippen molar-refractivity contribution in [2.24, 2.45) is 7.05 Å². The average molecular weight is 475 g/mol. The van der Waals surface area contributed by atoms with E-state index in [0.29, 0.717) is 47.2 Å². The fourth-order valence-corrected chi connectivity index (χ4v) is 4.89. The Morgan fingerprint density at radius 2 is 1.77 bits per heavy atom. The van der Waals surface area contributed by atoms with Gasteiger partial charge in [0.2, 0.25) is 5.88 Å². The van der Waals surface area contributed by atoms with Crippen molar-refractivity contribution >= 4 is 16.9 Å². The first kappa shape index (κ1) is 21.8. The molecule has 1 spiro atoms. The summed E-state index contributed by atoms with van der Waals surface area (Å²) in [6.45, 7) is 2.85. The number of nitrogens with one attached hydrogen (secondary N) is 1. The first-order valence-electron chi connectivity index (χ1n) is 11.7. The number of piperidine rings is 1. The van der Waals surface area contributed by atoms with E-state index in [9.17, 15) is 4.79 Å². The molecule has 5 heterocycles. The van der Waals surface area contributed by atoms with E-state index in [0.717, 1.165) is 37.3 Å². The highest BCUT2D eigenvalue weighted by atomic mass is 16.7. The Morgan fingerprint density at radius 3 is 2.49 bits per heavy atom. The topological polar surface area (TPSA) is 107 Å². The molecule has 3 aromatic heterocycles. The van der Waals surface area contributed by atoms with Gasteiger partial charge in [0, 0.05) is 38.5 Å². The van der Waals surface area contributed by atoms with Crippen molar-refractivity contribution in [1.82, 2.24) is 24.7 Å². The maximum absolute atomic E-state index is 13.2. The minimum Gasteiger partial charge on any atom is -0.480 e. The van der Waals surface area contributed by atoms with Crippen LogP contribution in [0.4, 0.5) is 5.82 Å². The number of pyridine rings is 1. The zero-order valence-electron chi connectivity index (χ0n) is 19.7. The summed E-state index contributed by atoms with van der Waals surface area (Å²) in [6.07, 6.45) is 1.57. The van der Waals surface area contributed by atoms with Gasteiger partial charge in [0.05, 0.1) is 25.9 Å².